The SMILES string of the molecule is COc1ccc(-c2cc3c4ccccc4n(C)c3c3c2c2ccccc2n3C)c(OC)c1. The van der Waals surface area contributed by atoms with Crippen LogP contribution in [0.4, 0.5) is 0 Å². The highest BCUT2D eigenvalue weighted by Crippen LogP contribution is 2.45. The molecular formula is C28H24N2O2. The molecule has 0 saturated carbocycles. The number of aromatic nitrogens is 2. The number of hydrogen-bond donors (Lipinski definition) is 0. The maximum absolute atomic E-state index is 5.82. The van der Waals surface area contributed by atoms with Crippen LogP contribution in [0.1, 0.15) is 0 Å². The van der Waals surface area contributed by atoms with Crippen LogP contribution in [0.2, 0.25) is 0 Å². The quantitative estimate of drug-likeness (QED) is 0.320. The molecule has 4 aromatic carbocycles. The molecule has 0 amide bonds. The van der Waals surface area contributed by atoms with Crippen molar-refractivity contribution < 1.29 is 9.47 Å². The molecule has 0 spiro atoms. The lowest BCUT2D eigenvalue weighted by Gasteiger charge is -2.13. The molecule has 32 heavy (non-hydrogen) atoms. The van der Waals surface area contributed by atoms with Crippen molar-refractivity contribution in [2.24, 2.45) is 14.1 Å². The second-order valence-electron chi connectivity index (χ2n) is 8.26. The summed E-state index contributed by atoms with van der Waals surface area (Å²) in [5.41, 5.74) is 7.15. The van der Waals surface area contributed by atoms with Crippen LogP contribution >= 0.6 is 0 Å². The third-order valence-electron chi connectivity index (χ3n) is 6.73. The van der Waals surface area contributed by atoms with Crippen molar-refractivity contribution in [2.75, 3.05) is 14.2 Å². The van der Waals surface area contributed by atoms with Crippen molar-refractivity contribution in [2.45, 2.75) is 0 Å². The van der Waals surface area contributed by atoms with E-state index < -0.39 is 0 Å². The molecule has 0 atom stereocenters. The molecule has 2 heterocycles. The van der Waals surface area contributed by atoms with Crippen molar-refractivity contribution in [3.63, 3.8) is 0 Å². The molecule has 0 aliphatic carbocycles. The Hall–Kier alpha value is -3.92. The summed E-state index contributed by atoms with van der Waals surface area (Å²) in [4.78, 5) is 0. The number of aryl methyl sites for hydroxylation is 2. The van der Waals surface area contributed by atoms with E-state index in [-0.39, 0.29) is 0 Å². The van der Waals surface area contributed by atoms with Gasteiger partial charge in [-0.3, -0.25) is 0 Å². The summed E-state index contributed by atoms with van der Waals surface area (Å²) in [5.74, 6) is 1.59. The van der Waals surface area contributed by atoms with Crippen LogP contribution in [-0.4, -0.2) is 23.4 Å². The Morgan fingerprint density at radius 1 is 0.594 bits per heavy atom. The van der Waals surface area contributed by atoms with E-state index in [9.17, 15) is 0 Å². The lowest BCUT2D eigenvalue weighted by atomic mass is 9.96. The minimum Gasteiger partial charge on any atom is -0.497 e. The summed E-state index contributed by atoms with van der Waals surface area (Å²) >= 11 is 0. The predicted octanol–water partition coefficient (Wildman–Crippen LogP) is 6.66. The average molecular weight is 421 g/mol. The Labute approximate surface area is 186 Å². The van der Waals surface area contributed by atoms with Crippen LogP contribution in [0.15, 0.2) is 72.8 Å². The van der Waals surface area contributed by atoms with Crippen molar-refractivity contribution in [3.8, 4) is 22.6 Å². The first-order valence-corrected chi connectivity index (χ1v) is 10.7. The number of benzene rings is 4. The lowest BCUT2D eigenvalue weighted by molar-refractivity contribution is 0.395. The van der Waals surface area contributed by atoms with E-state index in [1.54, 1.807) is 14.2 Å². The van der Waals surface area contributed by atoms with Gasteiger partial charge in [-0.25, -0.2) is 0 Å². The number of para-hydroxylation sites is 2. The third kappa shape index (κ3) is 2.38. The highest BCUT2D eigenvalue weighted by Gasteiger charge is 2.22. The van der Waals surface area contributed by atoms with Crippen molar-refractivity contribution in [1.82, 2.24) is 9.13 Å². The fraction of sp³-hybridized carbons (Fsp3) is 0.143. The van der Waals surface area contributed by atoms with Crippen LogP contribution in [-0.2, 0) is 14.1 Å². The second-order valence-corrected chi connectivity index (χ2v) is 8.26. The van der Waals surface area contributed by atoms with E-state index in [0.717, 1.165) is 17.1 Å². The summed E-state index contributed by atoms with van der Waals surface area (Å²) in [7, 11) is 7.72. The van der Waals surface area contributed by atoms with E-state index in [1.165, 1.54) is 49.2 Å². The number of nitrogens with zero attached hydrogens (tertiary/aromatic N) is 2. The minimum atomic E-state index is 0.783. The van der Waals surface area contributed by atoms with Gasteiger partial charge in [0.15, 0.2) is 0 Å². The summed E-state index contributed by atoms with van der Waals surface area (Å²) in [6.45, 7) is 0. The number of methoxy groups -OCH3 is 2. The molecule has 158 valence electrons. The number of fused-ring (bicyclic) bond motifs is 7. The molecule has 0 radical (unpaired) electrons. The maximum Gasteiger partial charge on any atom is 0.130 e. The summed E-state index contributed by atoms with van der Waals surface area (Å²) in [5, 5.41) is 4.98. The summed E-state index contributed by atoms with van der Waals surface area (Å²) in [6.07, 6.45) is 0. The van der Waals surface area contributed by atoms with Crippen molar-refractivity contribution in [1.29, 1.82) is 0 Å². The van der Waals surface area contributed by atoms with Crippen LogP contribution in [0.3, 0.4) is 0 Å². The summed E-state index contributed by atoms with van der Waals surface area (Å²) in [6, 6.07) is 25.6. The first-order valence-electron chi connectivity index (χ1n) is 10.7. The Bertz CT molecular complexity index is 1670. The largest absolute Gasteiger partial charge is 0.497 e. The van der Waals surface area contributed by atoms with Gasteiger partial charge < -0.3 is 18.6 Å². The molecule has 0 bridgehead atoms. The molecule has 4 heteroatoms. The zero-order valence-corrected chi connectivity index (χ0v) is 18.6. The Morgan fingerprint density at radius 2 is 1.25 bits per heavy atom. The number of ether oxygens (including phenoxy) is 2. The first kappa shape index (κ1) is 18.8. The van der Waals surface area contributed by atoms with Gasteiger partial charge in [-0.1, -0.05) is 36.4 Å². The molecule has 0 unspecified atom stereocenters. The molecule has 0 fully saturated rings. The number of rotatable bonds is 3. The molecular weight excluding hydrogens is 396 g/mol. The minimum absolute atomic E-state index is 0.783. The van der Waals surface area contributed by atoms with Crippen molar-refractivity contribution in [3.05, 3.63) is 72.8 Å². The lowest BCUT2D eigenvalue weighted by Crippen LogP contribution is -1.95. The van der Waals surface area contributed by atoms with Gasteiger partial charge in [-0.2, -0.15) is 0 Å². The highest BCUT2D eigenvalue weighted by atomic mass is 16.5. The van der Waals surface area contributed by atoms with Gasteiger partial charge in [-0.15, -0.1) is 0 Å². The molecule has 0 N–H and O–H groups in total. The van der Waals surface area contributed by atoms with Gasteiger partial charge in [0.1, 0.15) is 11.5 Å². The molecule has 6 aromatic rings. The van der Waals surface area contributed by atoms with E-state index in [0.29, 0.717) is 0 Å². The zero-order chi connectivity index (χ0) is 22.0. The predicted molar refractivity (Wildman–Crippen MR) is 133 cm³/mol. The van der Waals surface area contributed by atoms with Gasteiger partial charge in [0.25, 0.3) is 0 Å². The molecule has 0 saturated heterocycles. The van der Waals surface area contributed by atoms with Crippen molar-refractivity contribution >= 4 is 43.6 Å². The van der Waals surface area contributed by atoms with Crippen LogP contribution in [0.5, 0.6) is 11.5 Å². The Morgan fingerprint density at radius 3 is 1.97 bits per heavy atom. The Balaban J connectivity index is 1.90. The smallest absolute Gasteiger partial charge is 0.130 e. The van der Waals surface area contributed by atoms with Gasteiger partial charge in [0.05, 0.1) is 25.3 Å². The summed E-state index contributed by atoms with van der Waals surface area (Å²) < 4.78 is 15.9. The van der Waals surface area contributed by atoms with E-state index in [1.807, 2.05) is 12.1 Å². The van der Waals surface area contributed by atoms with Crippen LogP contribution in [0.25, 0.3) is 54.7 Å². The first-order chi connectivity index (χ1) is 15.6. The Kier molecular flexibility index (Phi) is 3.99. The normalized spacial score (nSPS) is 11.8. The van der Waals surface area contributed by atoms with E-state index >= 15 is 0 Å². The number of hydrogen-bond acceptors (Lipinski definition) is 2. The van der Waals surface area contributed by atoms with Gasteiger partial charge in [0.2, 0.25) is 0 Å². The van der Waals surface area contributed by atoms with Gasteiger partial charge >= 0.3 is 0 Å². The van der Waals surface area contributed by atoms with Crippen LogP contribution in [0, 0.1) is 0 Å². The molecule has 2 aromatic heterocycles. The highest BCUT2D eigenvalue weighted by molar-refractivity contribution is 6.27. The third-order valence-corrected chi connectivity index (χ3v) is 6.73. The maximum atomic E-state index is 5.82. The second kappa shape index (κ2) is 6.79. The molecule has 4 nitrogen and oxygen atoms in total. The zero-order valence-electron chi connectivity index (χ0n) is 18.6. The topological polar surface area (TPSA) is 28.3 Å². The standard InChI is InChI=1S/C28H24N2O2/c1-29-23-11-7-5-9-18(23)22-16-21(19-14-13-17(31-3)15-25(19)32-4)26-20-10-6-8-12-24(20)30(2)28(26)27(22)29/h5-16H,1-4H3. The van der Waals surface area contributed by atoms with E-state index in [4.69, 9.17) is 9.47 Å². The van der Waals surface area contributed by atoms with Crippen LogP contribution < -0.4 is 9.47 Å². The monoisotopic (exact) mass is 420 g/mol. The van der Waals surface area contributed by atoms with E-state index in [2.05, 4.69) is 83.9 Å². The molecule has 6 rings (SSSR count). The average Bonchev–Trinajstić information content (AvgIpc) is 3.30. The fourth-order valence-electron chi connectivity index (χ4n) is 5.25. The molecule has 0 aliphatic rings. The fourth-order valence-corrected chi connectivity index (χ4v) is 5.25. The van der Waals surface area contributed by atoms with Gasteiger partial charge in [-0.05, 0) is 35.9 Å². The van der Waals surface area contributed by atoms with Gasteiger partial charge in [0, 0.05) is 58.3 Å². The molecule has 0 aliphatic heterocycles.